The number of rotatable bonds is 2. The molecule has 0 bridgehead atoms. The highest BCUT2D eigenvalue weighted by atomic mass is 35.5. The summed E-state index contributed by atoms with van der Waals surface area (Å²) in [5.41, 5.74) is 1.25. The number of aliphatic imine (C=N–C) groups is 2. The Balaban J connectivity index is 1.97. The number of pyridine rings is 1. The molecule has 19 heavy (non-hydrogen) atoms. The van der Waals surface area contributed by atoms with E-state index in [0.29, 0.717) is 41.4 Å². The molecule has 0 aromatic carbocycles. The highest BCUT2D eigenvalue weighted by Gasteiger charge is 2.22. The minimum absolute atomic E-state index is 0.152. The van der Waals surface area contributed by atoms with Crippen molar-refractivity contribution in [1.82, 2.24) is 4.98 Å². The van der Waals surface area contributed by atoms with Crippen molar-refractivity contribution in [3.05, 3.63) is 28.5 Å². The molecule has 0 saturated carbocycles. The van der Waals surface area contributed by atoms with Gasteiger partial charge in [0.15, 0.2) is 0 Å². The lowest BCUT2D eigenvalue weighted by molar-refractivity contribution is 0.321. The van der Waals surface area contributed by atoms with Crippen molar-refractivity contribution in [3.8, 4) is 0 Å². The molecule has 5 nitrogen and oxygen atoms in total. The van der Waals surface area contributed by atoms with Crippen LogP contribution in [0.15, 0.2) is 22.1 Å². The molecular weight excluding hydrogens is 266 g/mol. The van der Waals surface area contributed by atoms with Crippen molar-refractivity contribution in [2.75, 3.05) is 13.2 Å². The minimum Gasteiger partial charge on any atom is -0.474 e. The van der Waals surface area contributed by atoms with Crippen LogP contribution in [0.4, 0.5) is 0 Å². The highest BCUT2D eigenvalue weighted by molar-refractivity contribution is 6.31. The largest absolute Gasteiger partial charge is 0.474 e. The summed E-state index contributed by atoms with van der Waals surface area (Å²) in [5.74, 6) is 1.06. The van der Waals surface area contributed by atoms with E-state index in [1.54, 1.807) is 12.1 Å². The molecule has 1 aromatic rings. The summed E-state index contributed by atoms with van der Waals surface area (Å²) < 4.78 is 11.0. The molecule has 2 aliphatic heterocycles. The van der Waals surface area contributed by atoms with Crippen LogP contribution in [-0.2, 0) is 9.47 Å². The Labute approximate surface area is 116 Å². The van der Waals surface area contributed by atoms with Gasteiger partial charge in [-0.15, -0.1) is 0 Å². The Kier molecular flexibility index (Phi) is 3.14. The average molecular weight is 280 g/mol. The maximum atomic E-state index is 6.12. The number of halogens is 1. The second-order valence-electron chi connectivity index (χ2n) is 4.74. The van der Waals surface area contributed by atoms with Gasteiger partial charge in [0.05, 0.1) is 12.1 Å². The van der Waals surface area contributed by atoms with Crippen LogP contribution in [0.1, 0.15) is 25.2 Å². The normalized spacial score (nSPS) is 25.6. The van der Waals surface area contributed by atoms with E-state index in [1.165, 1.54) is 0 Å². The van der Waals surface area contributed by atoms with E-state index in [9.17, 15) is 0 Å². The molecule has 2 unspecified atom stereocenters. The molecule has 0 radical (unpaired) electrons. The summed E-state index contributed by atoms with van der Waals surface area (Å²) >= 11 is 6.12. The smallest absolute Gasteiger partial charge is 0.235 e. The highest BCUT2D eigenvalue weighted by Crippen LogP contribution is 2.19. The molecule has 0 amide bonds. The number of ether oxygens (including phenoxy) is 2. The van der Waals surface area contributed by atoms with Crippen LogP contribution in [0.3, 0.4) is 0 Å². The van der Waals surface area contributed by atoms with E-state index in [-0.39, 0.29) is 12.1 Å². The minimum atomic E-state index is 0.152. The molecule has 100 valence electrons. The predicted molar refractivity (Wildman–Crippen MR) is 73.1 cm³/mol. The molecule has 3 heterocycles. The topological polar surface area (TPSA) is 56.1 Å². The first kappa shape index (κ1) is 12.4. The average Bonchev–Trinajstić information content (AvgIpc) is 2.97. The van der Waals surface area contributed by atoms with Gasteiger partial charge < -0.3 is 9.47 Å². The Morgan fingerprint density at radius 3 is 1.84 bits per heavy atom. The molecule has 0 saturated heterocycles. The number of hydrogen-bond donors (Lipinski definition) is 0. The molecular formula is C13H14ClN3O2. The van der Waals surface area contributed by atoms with Gasteiger partial charge in [-0.25, -0.2) is 15.0 Å². The third kappa shape index (κ3) is 2.56. The fourth-order valence-electron chi connectivity index (χ4n) is 1.94. The van der Waals surface area contributed by atoms with Crippen LogP contribution < -0.4 is 0 Å². The van der Waals surface area contributed by atoms with Crippen molar-refractivity contribution in [2.24, 2.45) is 9.98 Å². The summed E-state index contributed by atoms with van der Waals surface area (Å²) in [6.45, 7) is 5.13. The van der Waals surface area contributed by atoms with Crippen LogP contribution in [0.2, 0.25) is 5.02 Å². The van der Waals surface area contributed by atoms with Gasteiger partial charge in [-0.05, 0) is 26.0 Å². The van der Waals surface area contributed by atoms with Crippen molar-refractivity contribution < 1.29 is 9.47 Å². The number of hydrogen-bond acceptors (Lipinski definition) is 5. The van der Waals surface area contributed by atoms with Crippen molar-refractivity contribution >= 4 is 23.4 Å². The second-order valence-corrected chi connectivity index (χ2v) is 5.18. The van der Waals surface area contributed by atoms with E-state index < -0.39 is 0 Å². The lowest BCUT2D eigenvalue weighted by Gasteiger charge is -2.05. The summed E-state index contributed by atoms with van der Waals surface area (Å²) in [7, 11) is 0. The predicted octanol–water partition coefficient (Wildman–Crippen LogP) is 2.07. The zero-order valence-corrected chi connectivity index (χ0v) is 11.5. The zero-order valence-electron chi connectivity index (χ0n) is 10.8. The van der Waals surface area contributed by atoms with Crippen molar-refractivity contribution in [2.45, 2.75) is 25.9 Å². The van der Waals surface area contributed by atoms with Crippen molar-refractivity contribution in [3.63, 3.8) is 0 Å². The number of aromatic nitrogens is 1. The van der Waals surface area contributed by atoms with Gasteiger partial charge in [0.1, 0.15) is 24.6 Å². The van der Waals surface area contributed by atoms with E-state index in [0.717, 1.165) is 0 Å². The lowest BCUT2D eigenvalue weighted by atomic mass is 10.3. The van der Waals surface area contributed by atoms with Gasteiger partial charge in [0, 0.05) is 5.02 Å². The molecule has 0 fully saturated rings. The quantitative estimate of drug-likeness (QED) is 0.833. The Bertz CT molecular complexity index is 525. The maximum Gasteiger partial charge on any atom is 0.235 e. The monoisotopic (exact) mass is 279 g/mol. The summed E-state index contributed by atoms with van der Waals surface area (Å²) in [4.78, 5) is 13.2. The summed E-state index contributed by atoms with van der Waals surface area (Å²) in [6, 6.07) is 3.78. The van der Waals surface area contributed by atoms with Gasteiger partial charge in [-0.2, -0.15) is 0 Å². The Morgan fingerprint density at radius 2 is 1.47 bits per heavy atom. The molecule has 6 heteroatoms. The van der Waals surface area contributed by atoms with E-state index in [4.69, 9.17) is 21.1 Å². The fraction of sp³-hybridized carbons (Fsp3) is 0.462. The maximum absolute atomic E-state index is 6.12. The number of nitrogens with zero attached hydrogens (tertiary/aromatic N) is 3. The first-order valence-corrected chi connectivity index (χ1v) is 6.59. The SMILES string of the molecule is CC1COC(c2cc(Cl)cc(C3=NC(C)CO3)n2)=N1. The van der Waals surface area contributed by atoms with Crippen LogP contribution >= 0.6 is 11.6 Å². The van der Waals surface area contributed by atoms with Crippen LogP contribution in [0.5, 0.6) is 0 Å². The van der Waals surface area contributed by atoms with Gasteiger partial charge in [0.2, 0.25) is 11.8 Å². The van der Waals surface area contributed by atoms with Crippen LogP contribution in [0.25, 0.3) is 0 Å². The molecule has 0 spiro atoms. The lowest BCUT2D eigenvalue weighted by Crippen LogP contribution is -2.10. The molecule has 3 rings (SSSR count). The van der Waals surface area contributed by atoms with Crippen molar-refractivity contribution in [1.29, 1.82) is 0 Å². The fourth-order valence-corrected chi connectivity index (χ4v) is 2.15. The zero-order chi connectivity index (χ0) is 13.4. The molecule has 2 aliphatic rings. The molecule has 1 aromatic heterocycles. The first-order chi connectivity index (χ1) is 9.11. The van der Waals surface area contributed by atoms with Crippen LogP contribution in [-0.4, -0.2) is 42.1 Å². The Hall–Kier alpha value is -1.62. The molecule has 0 N–H and O–H groups in total. The van der Waals surface area contributed by atoms with E-state index in [1.807, 2.05) is 13.8 Å². The summed E-state index contributed by atoms with van der Waals surface area (Å²) in [5, 5.41) is 0.566. The van der Waals surface area contributed by atoms with Gasteiger partial charge in [0.25, 0.3) is 0 Å². The second kappa shape index (κ2) is 4.81. The molecule has 2 atom stereocenters. The third-order valence-electron chi connectivity index (χ3n) is 2.83. The van der Waals surface area contributed by atoms with Gasteiger partial charge in [-0.1, -0.05) is 11.6 Å². The van der Waals surface area contributed by atoms with Crippen LogP contribution in [0, 0.1) is 0 Å². The van der Waals surface area contributed by atoms with Gasteiger partial charge in [-0.3, -0.25) is 0 Å². The first-order valence-electron chi connectivity index (χ1n) is 6.21. The summed E-state index contributed by atoms with van der Waals surface area (Å²) in [6.07, 6.45) is 0. The Morgan fingerprint density at radius 1 is 1.00 bits per heavy atom. The van der Waals surface area contributed by atoms with E-state index >= 15 is 0 Å². The third-order valence-corrected chi connectivity index (χ3v) is 3.04. The van der Waals surface area contributed by atoms with Gasteiger partial charge >= 0.3 is 0 Å². The van der Waals surface area contributed by atoms with E-state index in [2.05, 4.69) is 15.0 Å². The molecule has 0 aliphatic carbocycles. The standard InChI is InChI=1S/C13H14ClN3O2/c1-7-5-18-12(15-7)10-3-9(14)4-11(17-10)13-16-8(2)6-19-13/h3-4,7-8H,5-6H2,1-2H3.